The van der Waals surface area contributed by atoms with Gasteiger partial charge in [-0.3, -0.25) is 15.2 Å². The average molecular weight is 286 g/mol. The summed E-state index contributed by atoms with van der Waals surface area (Å²) in [5.74, 6) is 0.425. The Balaban J connectivity index is 1.97. The SMILES string of the molecule is CCCc1cc(NC(=O)Nc2cccc(C(C)=O)c2)n[nH]1. The molecule has 0 fully saturated rings. The number of rotatable bonds is 5. The summed E-state index contributed by atoms with van der Waals surface area (Å²) in [4.78, 5) is 23.2. The molecule has 2 amide bonds. The number of H-pyrrole nitrogens is 1. The van der Waals surface area contributed by atoms with E-state index in [0.717, 1.165) is 18.5 Å². The Bertz CT molecular complexity index is 649. The highest BCUT2D eigenvalue weighted by Gasteiger charge is 2.07. The van der Waals surface area contributed by atoms with Gasteiger partial charge in [0.05, 0.1) is 0 Å². The summed E-state index contributed by atoms with van der Waals surface area (Å²) in [7, 11) is 0. The van der Waals surface area contributed by atoms with E-state index < -0.39 is 6.03 Å². The number of hydrogen-bond donors (Lipinski definition) is 3. The van der Waals surface area contributed by atoms with Crippen LogP contribution in [0.5, 0.6) is 0 Å². The lowest BCUT2D eigenvalue weighted by molar-refractivity contribution is 0.101. The number of ketones is 1. The number of nitrogens with one attached hydrogen (secondary N) is 3. The molecule has 0 aliphatic rings. The number of aryl methyl sites for hydroxylation is 1. The monoisotopic (exact) mass is 286 g/mol. The van der Waals surface area contributed by atoms with Gasteiger partial charge in [0.1, 0.15) is 0 Å². The standard InChI is InChI=1S/C15H18N4O2/c1-3-5-13-9-14(19-18-13)17-15(21)16-12-7-4-6-11(8-12)10(2)20/h4,6-9H,3,5H2,1-2H3,(H3,16,17,18,19,21). The van der Waals surface area contributed by atoms with Crippen molar-refractivity contribution in [3.8, 4) is 0 Å². The number of urea groups is 1. The Kier molecular flexibility index (Phi) is 4.71. The summed E-state index contributed by atoms with van der Waals surface area (Å²) >= 11 is 0. The largest absolute Gasteiger partial charge is 0.324 e. The molecule has 0 aliphatic heterocycles. The van der Waals surface area contributed by atoms with Crippen LogP contribution in [0.1, 0.15) is 36.3 Å². The van der Waals surface area contributed by atoms with Crippen LogP contribution >= 0.6 is 0 Å². The number of benzene rings is 1. The second-order valence-electron chi connectivity index (χ2n) is 4.74. The fourth-order valence-corrected chi connectivity index (χ4v) is 1.92. The molecule has 0 atom stereocenters. The molecule has 2 aromatic rings. The number of Topliss-reactive ketones (excluding diaryl/α,β-unsaturated/α-hetero) is 1. The number of aromatic amines is 1. The lowest BCUT2D eigenvalue weighted by Gasteiger charge is -2.06. The van der Waals surface area contributed by atoms with Crippen molar-refractivity contribution in [3.05, 3.63) is 41.6 Å². The van der Waals surface area contributed by atoms with Gasteiger partial charge in [0.15, 0.2) is 11.6 Å². The number of aromatic nitrogens is 2. The summed E-state index contributed by atoms with van der Waals surface area (Å²) in [6.07, 6.45) is 1.89. The topological polar surface area (TPSA) is 86.9 Å². The molecule has 0 radical (unpaired) electrons. The Hall–Kier alpha value is -2.63. The maximum Gasteiger partial charge on any atom is 0.324 e. The highest BCUT2D eigenvalue weighted by Crippen LogP contribution is 2.12. The molecule has 6 heteroatoms. The number of nitrogens with zero attached hydrogens (tertiary/aromatic N) is 1. The lowest BCUT2D eigenvalue weighted by atomic mass is 10.1. The Morgan fingerprint density at radius 1 is 1.24 bits per heavy atom. The zero-order valence-corrected chi connectivity index (χ0v) is 12.1. The molecule has 1 heterocycles. The maximum absolute atomic E-state index is 11.9. The lowest BCUT2D eigenvalue weighted by Crippen LogP contribution is -2.19. The van der Waals surface area contributed by atoms with Gasteiger partial charge in [-0.1, -0.05) is 25.5 Å². The minimum absolute atomic E-state index is 0.0458. The molecule has 0 unspecified atom stereocenters. The van der Waals surface area contributed by atoms with Crippen molar-refractivity contribution in [2.45, 2.75) is 26.7 Å². The van der Waals surface area contributed by atoms with Crippen molar-refractivity contribution < 1.29 is 9.59 Å². The summed E-state index contributed by atoms with van der Waals surface area (Å²) in [5.41, 5.74) is 2.09. The van der Waals surface area contributed by atoms with E-state index in [-0.39, 0.29) is 5.78 Å². The number of amides is 2. The number of anilines is 2. The van der Waals surface area contributed by atoms with Crippen molar-refractivity contribution in [2.24, 2.45) is 0 Å². The Morgan fingerprint density at radius 3 is 2.76 bits per heavy atom. The van der Waals surface area contributed by atoms with Crippen molar-refractivity contribution >= 4 is 23.3 Å². The van der Waals surface area contributed by atoms with E-state index in [2.05, 4.69) is 27.8 Å². The van der Waals surface area contributed by atoms with Gasteiger partial charge in [-0.15, -0.1) is 0 Å². The van der Waals surface area contributed by atoms with Gasteiger partial charge in [0, 0.05) is 23.0 Å². The van der Waals surface area contributed by atoms with Gasteiger partial charge in [-0.25, -0.2) is 4.79 Å². The molecule has 0 bridgehead atoms. The van der Waals surface area contributed by atoms with Crippen LogP contribution in [-0.2, 0) is 6.42 Å². The molecular weight excluding hydrogens is 268 g/mol. The van der Waals surface area contributed by atoms with Crippen LogP contribution in [-0.4, -0.2) is 22.0 Å². The van der Waals surface area contributed by atoms with E-state index in [4.69, 9.17) is 0 Å². The molecule has 110 valence electrons. The minimum Gasteiger partial charge on any atom is -0.308 e. The van der Waals surface area contributed by atoms with Crippen LogP contribution in [0.2, 0.25) is 0 Å². The van der Waals surface area contributed by atoms with Gasteiger partial charge in [-0.05, 0) is 25.5 Å². The molecule has 0 saturated heterocycles. The molecule has 3 N–H and O–H groups in total. The fraction of sp³-hybridized carbons (Fsp3) is 0.267. The first kappa shape index (κ1) is 14.8. The first-order valence-corrected chi connectivity index (χ1v) is 6.81. The van der Waals surface area contributed by atoms with Crippen molar-refractivity contribution in [3.63, 3.8) is 0 Å². The first-order valence-electron chi connectivity index (χ1n) is 6.81. The second-order valence-corrected chi connectivity index (χ2v) is 4.74. The van der Waals surface area contributed by atoms with Crippen LogP contribution in [0, 0.1) is 0 Å². The quantitative estimate of drug-likeness (QED) is 0.737. The fourth-order valence-electron chi connectivity index (χ4n) is 1.92. The highest BCUT2D eigenvalue weighted by molar-refractivity contribution is 6.00. The normalized spacial score (nSPS) is 10.2. The average Bonchev–Trinajstić information content (AvgIpc) is 2.86. The molecule has 0 aliphatic carbocycles. The molecule has 1 aromatic carbocycles. The van der Waals surface area contributed by atoms with Gasteiger partial charge >= 0.3 is 6.03 Å². The van der Waals surface area contributed by atoms with Crippen molar-refractivity contribution in [1.82, 2.24) is 10.2 Å². The zero-order chi connectivity index (χ0) is 15.2. The Morgan fingerprint density at radius 2 is 2.05 bits per heavy atom. The van der Waals surface area contributed by atoms with E-state index in [9.17, 15) is 9.59 Å². The van der Waals surface area contributed by atoms with E-state index in [1.807, 2.05) is 0 Å². The molecule has 0 saturated carbocycles. The molecule has 1 aromatic heterocycles. The second kappa shape index (κ2) is 6.69. The van der Waals surface area contributed by atoms with Crippen LogP contribution in [0.3, 0.4) is 0 Å². The van der Waals surface area contributed by atoms with Gasteiger partial charge in [0.2, 0.25) is 0 Å². The summed E-state index contributed by atoms with van der Waals surface area (Å²) < 4.78 is 0. The smallest absolute Gasteiger partial charge is 0.308 e. The third-order valence-electron chi connectivity index (χ3n) is 2.92. The third kappa shape index (κ3) is 4.17. The molecule has 21 heavy (non-hydrogen) atoms. The maximum atomic E-state index is 11.9. The van der Waals surface area contributed by atoms with Gasteiger partial charge in [0.25, 0.3) is 0 Å². The number of carbonyl (C=O) groups excluding carboxylic acids is 2. The van der Waals surface area contributed by atoms with E-state index in [1.165, 1.54) is 6.92 Å². The Labute approximate surface area is 122 Å². The van der Waals surface area contributed by atoms with Gasteiger partial charge < -0.3 is 5.32 Å². The molecular formula is C15H18N4O2. The predicted octanol–water partition coefficient (Wildman–Crippen LogP) is 3.21. The van der Waals surface area contributed by atoms with E-state index in [0.29, 0.717) is 17.1 Å². The first-order chi connectivity index (χ1) is 10.1. The van der Waals surface area contributed by atoms with Crippen molar-refractivity contribution in [2.75, 3.05) is 10.6 Å². The van der Waals surface area contributed by atoms with Crippen LogP contribution in [0.4, 0.5) is 16.3 Å². The highest BCUT2D eigenvalue weighted by atomic mass is 16.2. The van der Waals surface area contributed by atoms with E-state index >= 15 is 0 Å². The van der Waals surface area contributed by atoms with Crippen LogP contribution < -0.4 is 10.6 Å². The van der Waals surface area contributed by atoms with Crippen LogP contribution in [0.25, 0.3) is 0 Å². The van der Waals surface area contributed by atoms with Crippen molar-refractivity contribution in [1.29, 1.82) is 0 Å². The number of hydrogen-bond acceptors (Lipinski definition) is 3. The third-order valence-corrected chi connectivity index (χ3v) is 2.92. The molecule has 2 rings (SSSR count). The molecule has 0 spiro atoms. The number of carbonyl (C=O) groups is 2. The zero-order valence-electron chi connectivity index (χ0n) is 12.1. The summed E-state index contributed by atoms with van der Waals surface area (Å²) in [6, 6.07) is 8.18. The summed E-state index contributed by atoms with van der Waals surface area (Å²) in [5, 5.41) is 12.2. The van der Waals surface area contributed by atoms with E-state index in [1.54, 1.807) is 30.3 Å². The predicted molar refractivity (Wildman–Crippen MR) is 81.7 cm³/mol. The summed E-state index contributed by atoms with van der Waals surface area (Å²) in [6.45, 7) is 3.56. The molecule has 6 nitrogen and oxygen atoms in total. The van der Waals surface area contributed by atoms with Crippen LogP contribution in [0.15, 0.2) is 30.3 Å². The van der Waals surface area contributed by atoms with Gasteiger partial charge in [-0.2, -0.15) is 5.10 Å². The minimum atomic E-state index is -0.398.